The van der Waals surface area contributed by atoms with Crippen LogP contribution in [0.1, 0.15) is 13.3 Å². The third kappa shape index (κ3) is 4.39. The fourth-order valence-electron chi connectivity index (χ4n) is 2.14. The molecule has 5 nitrogen and oxygen atoms in total. The number of carbonyl (C=O) groups is 1. The quantitative estimate of drug-likeness (QED) is 0.287. The Hall–Kier alpha value is -2.21. The molecule has 1 unspecified atom stereocenters. The summed E-state index contributed by atoms with van der Waals surface area (Å²) in [6.45, 7) is 1.69. The fourth-order valence-corrected chi connectivity index (χ4v) is 3.25. The third-order valence-corrected chi connectivity index (χ3v) is 4.82. The van der Waals surface area contributed by atoms with Crippen molar-refractivity contribution in [3.8, 4) is 5.75 Å². The highest BCUT2D eigenvalue weighted by Crippen LogP contribution is 2.31. The van der Waals surface area contributed by atoms with E-state index in [-0.39, 0.29) is 17.6 Å². The zero-order valence-electron chi connectivity index (χ0n) is 13.3. The number of thioether (sulfide) groups is 1. The molecule has 1 N–H and O–H groups in total. The lowest BCUT2D eigenvalue weighted by molar-refractivity contribution is -0.140. The van der Waals surface area contributed by atoms with Crippen molar-refractivity contribution in [2.75, 3.05) is 14.2 Å². The van der Waals surface area contributed by atoms with E-state index in [9.17, 15) is 4.79 Å². The largest absolute Gasteiger partial charge is 0.497 e. The number of oxime groups is 1. The van der Waals surface area contributed by atoms with Crippen LogP contribution in [0, 0.1) is 0 Å². The normalized spacial score (nSPS) is 12.9. The van der Waals surface area contributed by atoms with Crippen LogP contribution in [0.25, 0.3) is 10.8 Å². The highest BCUT2D eigenvalue weighted by atomic mass is 32.2. The molecule has 0 aromatic heterocycles. The molecule has 0 aliphatic rings. The Bertz CT molecular complexity index is 730. The number of hydrogen-bond donors (Lipinski definition) is 1. The fraction of sp³-hybridized carbons (Fsp3) is 0.294. The summed E-state index contributed by atoms with van der Waals surface area (Å²) in [5, 5.41) is 14.1. The van der Waals surface area contributed by atoms with E-state index in [0.29, 0.717) is 5.71 Å². The van der Waals surface area contributed by atoms with Crippen molar-refractivity contribution in [1.29, 1.82) is 0 Å². The molecular formula is C17H19NO4S. The number of benzene rings is 2. The number of esters is 1. The SMILES string of the molecule is COC(=O)CC(Sc1ccc2cc(OC)ccc2c1)C(C)=NO. The van der Waals surface area contributed by atoms with E-state index in [4.69, 9.17) is 14.7 Å². The predicted molar refractivity (Wildman–Crippen MR) is 91.7 cm³/mol. The molecule has 1 atom stereocenters. The Morgan fingerprint density at radius 2 is 1.91 bits per heavy atom. The van der Waals surface area contributed by atoms with Crippen molar-refractivity contribution in [2.45, 2.75) is 23.5 Å². The molecule has 0 fully saturated rings. The minimum Gasteiger partial charge on any atom is -0.497 e. The van der Waals surface area contributed by atoms with Gasteiger partial charge in [0.15, 0.2) is 0 Å². The van der Waals surface area contributed by atoms with Crippen molar-refractivity contribution in [3.63, 3.8) is 0 Å². The Kier molecular flexibility index (Phi) is 5.87. The van der Waals surface area contributed by atoms with Gasteiger partial charge in [0.25, 0.3) is 0 Å². The van der Waals surface area contributed by atoms with Crippen LogP contribution in [0.15, 0.2) is 46.4 Å². The Labute approximate surface area is 139 Å². The van der Waals surface area contributed by atoms with E-state index >= 15 is 0 Å². The highest BCUT2D eigenvalue weighted by molar-refractivity contribution is 8.00. The van der Waals surface area contributed by atoms with Crippen molar-refractivity contribution in [1.82, 2.24) is 0 Å². The van der Waals surface area contributed by atoms with Gasteiger partial charge in [0, 0.05) is 4.90 Å². The van der Waals surface area contributed by atoms with Crippen LogP contribution in [0.3, 0.4) is 0 Å². The van der Waals surface area contributed by atoms with Gasteiger partial charge in [-0.25, -0.2) is 0 Å². The van der Waals surface area contributed by atoms with Crippen molar-refractivity contribution in [2.24, 2.45) is 5.16 Å². The van der Waals surface area contributed by atoms with Crippen LogP contribution in [0.5, 0.6) is 5.75 Å². The third-order valence-electron chi connectivity index (χ3n) is 3.50. The van der Waals surface area contributed by atoms with Crippen LogP contribution < -0.4 is 4.74 Å². The highest BCUT2D eigenvalue weighted by Gasteiger charge is 2.19. The van der Waals surface area contributed by atoms with Gasteiger partial charge < -0.3 is 14.7 Å². The van der Waals surface area contributed by atoms with E-state index in [0.717, 1.165) is 21.4 Å². The molecule has 2 rings (SSSR count). The van der Waals surface area contributed by atoms with Gasteiger partial charge in [-0.3, -0.25) is 4.79 Å². The summed E-state index contributed by atoms with van der Waals surface area (Å²) in [7, 11) is 2.98. The number of hydrogen-bond acceptors (Lipinski definition) is 6. The van der Waals surface area contributed by atoms with Crippen LogP contribution in [0.2, 0.25) is 0 Å². The molecule has 0 heterocycles. The van der Waals surface area contributed by atoms with E-state index in [2.05, 4.69) is 5.16 Å². The average Bonchev–Trinajstić information content (AvgIpc) is 2.59. The first-order valence-corrected chi connectivity index (χ1v) is 7.95. The van der Waals surface area contributed by atoms with E-state index in [1.54, 1.807) is 14.0 Å². The number of ether oxygens (including phenoxy) is 2. The topological polar surface area (TPSA) is 68.1 Å². The molecule has 0 aliphatic carbocycles. The van der Waals surface area contributed by atoms with Gasteiger partial charge in [-0.2, -0.15) is 0 Å². The van der Waals surface area contributed by atoms with Gasteiger partial charge in [0.1, 0.15) is 5.75 Å². The van der Waals surface area contributed by atoms with Gasteiger partial charge in [-0.1, -0.05) is 17.3 Å². The van der Waals surface area contributed by atoms with Crippen molar-refractivity contribution < 1.29 is 19.5 Å². The summed E-state index contributed by atoms with van der Waals surface area (Å²) in [5.41, 5.74) is 0.482. The molecule has 6 heteroatoms. The molecular weight excluding hydrogens is 314 g/mol. The van der Waals surface area contributed by atoms with Crippen molar-refractivity contribution in [3.05, 3.63) is 36.4 Å². The average molecular weight is 333 g/mol. The van der Waals surface area contributed by atoms with Crippen molar-refractivity contribution >= 4 is 34.2 Å². The maximum absolute atomic E-state index is 11.5. The molecule has 2 aromatic carbocycles. The smallest absolute Gasteiger partial charge is 0.307 e. The van der Waals surface area contributed by atoms with Gasteiger partial charge in [0.2, 0.25) is 0 Å². The summed E-state index contributed by atoms with van der Waals surface area (Å²) in [6.07, 6.45) is 0.151. The van der Waals surface area contributed by atoms with Gasteiger partial charge in [0.05, 0.1) is 31.6 Å². The second-order valence-corrected chi connectivity index (χ2v) is 6.28. The molecule has 122 valence electrons. The zero-order chi connectivity index (χ0) is 16.8. The Morgan fingerprint density at radius 3 is 2.57 bits per heavy atom. The second kappa shape index (κ2) is 7.87. The van der Waals surface area contributed by atoms with E-state index in [1.165, 1.54) is 18.9 Å². The van der Waals surface area contributed by atoms with Gasteiger partial charge in [-0.05, 0) is 42.0 Å². The summed E-state index contributed by atoms with van der Waals surface area (Å²) in [4.78, 5) is 12.5. The monoisotopic (exact) mass is 333 g/mol. The predicted octanol–water partition coefficient (Wildman–Crippen LogP) is 3.72. The van der Waals surface area contributed by atoms with Crippen LogP contribution in [0.4, 0.5) is 0 Å². The molecule has 0 spiro atoms. The molecule has 0 saturated carbocycles. The van der Waals surface area contributed by atoms with E-state index in [1.807, 2.05) is 36.4 Å². The molecule has 23 heavy (non-hydrogen) atoms. The lowest BCUT2D eigenvalue weighted by Gasteiger charge is -2.14. The lowest BCUT2D eigenvalue weighted by Crippen LogP contribution is -2.19. The number of fused-ring (bicyclic) bond motifs is 1. The standard InChI is InChI=1S/C17H19NO4S/c1-11(18-20)16(10-17(19)22-3)23-15-7-5-12-8-14(21-2)6-4-13(12)9-15/h4-9,16,20H,10H2,1-3H3. The number of carbonyl (C=O) groups excluding carboxylic acids is 1. The number of rotatable bonds is 6. The minimum atomic E-state index is -0.337. The first-order chi connectivity index (χ1) is 11.1. The Balaban J connectivity index is 2.25. The lowest BCUT2D eigenvalue weighted by atomic mass is 10.1. The maximum atomic E-state index is 11.5. The zero-order valence-corrected chi connectivity index (χ0v) is 14.1. The molecule has 0 aliphatic heterocycles. The van der Waals surface area contributed by atoms with Gasteiger partial charge >= 0.3 is 5.97 Å². The molecule has 0 amide bonds. The maximum Gasteiger partial charge on any atom is 0.307 e. The summed E-state index contributed by atoms with van der Waals surface area (Å²) >= 11 is 1.47. The molecule has 0 saturated heterocycles. The Morgan fingerprint density at radius 1 is 1.22 bits per heavy atom. The number of methoxy groups -OCH3 is 2. The minimum absolute atomic E-state index is 0.151. The summed E-state index contributed by atoms with van der Waals surface area (Å²) in [5.74, 6) is 0.473. The molecule has 0 bridgehead atoms. The van der Waals surface area contributed by atoms with Gasteiger partial charge in [-0.15, -0.1) is 11.8 Å². The summed E-state index contributed by atoms with van der Waals surface area (Å²) < 4.78 is 9.93. The van der Waals surface area contributed by atoms with Crippen LogP contribution >= 0.6 is 11.8 Å². The van der Waals surface area contributed by atoms with Crippen LogP contribution in [-0.2, 0) is 9.53 Å². The molecule has 0 radical (unpaired) electrons. The first-order valence-electron chi connectivity index (χ1n) is 7.07. The molecule has 2 aromatic rings. The van der Waals surface area contributed by atoms with Crippen LogP contribution in [-0.4, -0.2) is 36.4 Å². The van der Waals surface area contributed by atoms with E-state index < -0.39 is 0 Å². The summed E-state index contributed by atoms with van der Waals surface area (Å²) in [6, 6.07) is 11.9. The first kappa shape index (κ1) is 17.1. The number of nitrogens with zero attached hydrogens (tertiary/aromatic N) is 1. The second-order valence-electron chi connectivity index (χ2n) is 5.00.